The van der Waals surface area contributed by atoms with Gasteiger partial charge < -0.3 is 10.0 Å². The largest absolute Gasteiger partial charge is 0.390 e. The Balaban J connectivity index is 1.96. The normalized spacial score (nSPS) is 23.0. The molecule has 0 unspecified atom stereocenters. The van der Waals surface area contributed by atoms with Crippen molar-refractivity contribution in [1.82, 2.24) is 9.88 Å². The van der Waals surface area contributed by atoms with Crippen LogP contribution in [0.3, 0.4) is 0 Å². The van der Waals surface area contributed by atoms with E-state index in [1.807, 2.05) is 0 Å². The molecule has 0 bridgehead atoms. The molecule has 1 aliphatic carbocycles. The van der Waals surface area contributed by atoms with E-state index < -0.39 is 11.5 Å². The van der Waals surface area contributed by atoms with Crippen molar-refractivity contribution in [3.63, 3.8) is 0 Å². The minimum Gasteiger partial charge on any atom is -0.390 e. The lowest BCUT2D eigenvalue weighted by Crippen LogP contribution is -2.36. The first-order chi connectivity index (χ1) is 10.9. The summed E-state index contributed by atoms with van der Waals surface area (Å²) < 4.78 is 13.1. The number of aryl methyl sites for hydroxylation is 1. The van der Waals surface area contributed by atoms with Crippen molar-refractivity contribution in [1.29, 1.82) is 0 Å². The summed E-state index contributed by atoms with van der Waals surface area (Å²) in [6.45, 7) is 2.16. The Morgan fingerprint density at radius 2 is 2.13 bits per heavy atom. The number of hydrogen-bond acceptors (Lipinski definition) is 3. The molecular formula is C18H25FN2O2. The molecule has 0 radical (unpaired) electrons. The van der Waals surface area contributed by atoms with Gasteiger partial charge in [0.15, 0.2) is 0 Å². The number of pyridine rings is 1. The van der Waals surface area contributed by atoms with Crippen LogP contribution in [0.2, 0.25) is 0 Å². The van der Waals surface area contributed by atoms with Crippen LogP contribution in [0.4, 0.5) is 4.39 Å². The van der Waals surface area contributed by atoms with Crippen LogP contribution >= 0.6 is 0 Å². The summed E-state index contributed by atoms with van der Waals surface area (Å²) in [5, 5.41) is 10.7. The molecule has 4 nitrogen and oxygen atoms in total. The van der Waals surface area contributed by atoms with Crippen molar-refractivity contribution >= 4 is 5.91 Å². The first-order valence-corrected chi connectivity index (χ1v) is 8.16. The SMILES string of the molecule is Cc1cc(F)ncc1C(=O)N(C)CC[C@@]1(O)CC/C=C\CCC1. The lowest BCUT2D eigenvalue weighted by Gasteiger charge is -2.31. The van der Waals surface area contributed by atoms with Crippen molar-refractivity contribution in [3.8, 4) is 0 Å². The maximum atomic E-state index is 13.1. The molecule has 23 heavy (non-hydrogen) atoms. The van der Waals surface area contributed by atoms with Crippen molar-refractivity contribution in [2.45, 2.75) is 51.0 Å². The van der Waals surface area contributed by atoms with E-state index in [0.717, 1.165) is 32.1 Å². The standard InChI is InChI=1S/C18H25FN2O2/c1-14-12-16(19)20-13-15(14)17(22)21(2)11-10-18(23)8-6-4-3-5-7-9-18/h3-4,12-13,23H,5-11H2,1-2H3/b4-3-/t18-/m1/s1. The van der Waals surface area contributed by atoms with E-state index >= 15 is 0 Å². The predicted molar refractivity (Wildman–Crippen MR) is 87.7 cm³/mol. The van der Waals surface area contributed by atoms with Gasteiger partial charge in [-0.25, -0.2) is 4.98 Å². The van der Waals surface area contributed by atoms with E-state index in [-0.39, 0.29) is 5.91 Å². The van der Waals surface area contributed by atoms with E-state index in [2.05, 4.69) is 17.1 Å². The van der Waals surface area contributed by atoms with Crippen molar-refractivity contribution < 1.29 is 14.3 Å². The van der Waals surface area contributed by atoms with Gasteiger partial charge in [0.2, 0.25) is 5.95 Å². The van der Waals surface area contributed by atoms with Crippen LogP contribution in [0.5, 0.6) is 0 Å². The van der Waals surface area contributed by atoms with Crippen molar-refractivity contribution in [2.24, 2.45) is 0 Å². The molecule has 1 aliphatic rings. The van der Waals surface area contributed by atoms with Crippen molar-refractivity contribution in [3.05, 3.63) is 41.5 Å². The summed E-state index contributed by atoms with van der Waals surface area (Å²) >= 11 is 0. The van der Waals surface area contributed by atoms with E-state index in [1.165, 1.54) is 12.3 Å². The predicted octanol–water partition coefficient (Wildman–Crippen LogP) is 3.24. The maximum Gasteiger partial charge on any atom is 0.255 e. The molecule has 2 rings (SSSR count). The second kappa shape index (κ2) is 7.68. The highest BCUT2D eigenvalue weighted by molar-refractivity contribution is 5.95. The van der Waals surface area contributed by atoms with Gasteiger partial charge in [0.25, 0.3) is 5.91 Å². The van der Waals surface area contributed by atoms with Crippen LogP contribution in [0, 0.1) is 12.9 Å². The Labute approximate surface area is 137 Å². The van der Waals surface area contributed by atoms with Gasteiger partial charge in [-0.15, -0.1) is 0 Å². The molecule has 1 aromatic rings. The van der Waals surface area contributed by atoms with Gasteiger partial charge >= 0.3 is 0 Å². The number of nitrogens with zero attached hydrogens (tertiary/aromatic N) is 2. The quantitative estimate of drug-likeness (QED) is 0.684. The number of aliphatic hydroxyl groups is 1. The zero-order valence-corrected chi connectivity index (χ0v) is 13.9. The Kier molecular flexibility index (Phi) is 5.88. The third-order valence-electron chi connectivity index (χ3n) is 4.52. The lowest BCUT2D eigenvalue weighted by molar-refractivity contribution is 0.00622. The van der Waals surface area contributed by atoms with Crippen LogP contribution in [-0.2, 0) is 0 Å². The zero-order valence-electron chi connectivity index (χ0n) is 13.9. The summed E-state index contributed by atoms with van der Waals surface area (Å²) in [6, 6.07) is 1.26. The van der Waals surface area contributed by atoms with E-state index in [4.69, 9.17) is 0 Å². The summed E-state index contributed by atoms with van der Waals surface area (Å²) in [7, 11) is 1.71. The molecule has 1 atom stereocenters. The number of carbonyl (C=O) groups is 1. The number of aromatic nitrogens is 1. The van der Waals surface area contributed by atoms with Crippen LogP contribution < -0.4 is 0 Å². The summed E-state index contributed by atoms with van der Waals surface area (Å²) in [5.74, 6) is -0.775. The minimum absolute atomic E-state index is 0.190. The fraction of sp³-hybridized carbons (Fsp3) is 0.556. The van der Waals surface area contributed by atoms with Gasteiger partial charge in [0.1, 0.15) is 0 Å². The third-order valence-corrected chi connectivity index (χ3v) is 4.52. The number of hydrogen-bond donors (Lipinski definition) is 1. The van der Waals surface area contributed by atoms with Gasteiger partial charge in [-0.3, -0.25) is 4.79 Å². The average Bonchev–Trinajstić information content (AvgIpc) is 2.48. The smallest absolute Gasteiger partial charge is 0.255 e. The first-order valence-electron chi connectivity index (χ1n) is 8.16. The topological polar surface area (TPSA) is 53.4 Å². The molecular weight excluding hydrogens is 295 g/mol. The Hall–Kier alpha value is -1.75. The number of carbonyl (C=O) groups excluding carboxylic acids is 1. The highest BCUT2D eigenvalue weighted by atomic mass is 19.1. The fourth-order valence-corrected chi connectivity index (χ4v) is 2.94. The second-order valence-electron chi connectivity index (χ2n) is 6.43. The molecule has 0 fully saturated rings. The van der Waals surface area contributed by atoms with Gasteiger partial charge in [0.05, 0.1) is 11.2 Å². The van der Waals surface area contributed by atoms with Gasteiger partial charge in [-0.05, 0) is 57.1 Å². The summed E-state index contributed by atoms with van der Waals surface area (Å²) in [6.07, 6.45) is 10.4. The summed E-state index contributed by atoms with van der Waals surface area (Å²) in [5.41, 5.74) is 0.265. The first kappa shape index (κ1) is 17.6. The number of amides is 1. The van der Waals surface area contributed by atoms with Gasteiger partial charge in [-0.1, -0.05) is 12.2 Å². The molecule has 0 aromatic carbocycles. The van der Waals surface area contributed by atoms with Crippen LogP contribution in [0.15, 0.2) is 24.4 Å². The monoisotopic (exact) mass is 320 g/mol. The minimum atomic E-state index is -0.713. The van der Waals surface area contributed by atoms with Gasteiger partial charge in [-0.2, -0.15) is 4.39 Å². The molecule has 0 saturated heterocycles. The molecule has 0 aliphatic heterocycles. The average molecular weight is 320 g/mol. The maximum absolute atomic E-state index is 13.1. The highest BCUT2D eigenvalue weighted by Gasteiger charge is 2.27. The molecule has 5 heteroatoms. The number of rotatable bonds is 4. The number of allylic oxidation sites excluding steroid dienone is 2. The second-order valence-corrected chi connectivity index (χ2v) is 6.43. The van der Waals surface area contributed by atoms with E-state index in [0.29, 0.717) is 24.1 Å². The molecule has 0 spiro atoms. The molecule has 1 aromatic heterocycles. The lowest BCUT2D eigenvalue weighted by atomic mass is 9.86. The van der Waals surface area contributed by atoms with E-state index in [9.17, 15) is 14.3 Å². The Morgan fingerprint density at radius 3 is 2.87 bits per heavy atom. The highest BCUT2D eigenvalue weighted by Crippen LogP contribution is 2.27. The van der Waals surface area contributed by atoms with Crippen LogP contribution in [0.25, 0.3) is 0 Å². The van der Waals surface area contributed by atoms with Gasteiger partial charge in [0, 0.05) is 19.8 Å². The Morgan fingerprint density at radius 1 is 1.39 bits per heavy atom. The molecule has 126 valence electrons. The molecule has 0 saturated carbocycles. The van der Waals surface area contributed by atoms with Crippen molar-refractivity contribution in [2.75, 3.05) is 13.6 Å². The third kappa shape index (κ3) is 4.86. The Bertz CT molecular complexity index is 588. The summed E-state index contributed by atoms with van der Waals surface area (Å²) in [4.78, 5) is 17.6. The molecule has 1 heterocycles. The molecule has 1 amide bonds. The van der Waals surface area contributed by atoms with Crippen LogP contribution in [-0.4, -0.2) is 40.1 Å². The van der Waals surface area contributed by atoms with E-state index in [1.54, 1.807) is 18.9 Å². The number of halogens is 1. The van der Waals surface area contributed by atoms with Crippen LogP contribution in [0.1, 0.15) is 54.4 Å². The fourth-order valence-electron chi connectivity index (χ4n) is 2.94. The molecule has 1 N–H and O–H groups in total. The zero-order chi connectivity index (χ0) is 16.9.